The van der Waals surface area contributed by atoms with E-state index in [0.29, 0.717) is 13.0 Å². The smallest absolute Gasteiger partial charge is 0.137 e. The first-order valence-corrected chi connectivity index (χ1v) is 6.25. The lowest BCUT2D eigenvalue weighted by molar-refractivity contribution is -0.108. The van der Waals surface area contributed by atoms with Gasteiger partial charge in [-0.05, 0) is 23.6 Å². The minimum absolute atomic E-state index is 0.485. The predicted molar refractivity (Wildman–Crippen MR) is 75.0 cm³/mol. The Morgan fingerprint density at radius 1 is 1.05 bits per heavy atom. The van der Waals surface area contributed by atoms with Gasteiger partial charge in [0, 0.05) is 0 Å². The van der Waals surface area contributed by atoms with E-state index < -0.39 is 6.04 Å². The van der Waals surface area contributed by atoms with Gasteiger partial charge >= 0.3 is 0 Å². The molecule has 0 fully saturated rings. The van der Waals surface area contributed by atoms with Crippen molar-refractivity contribution in [2.75, 3.05) is 0 Å². The average Bonchev–Trinajstić information content (AvgIpc) is 2.47. The Bertz CT molecular complexity index is 525. The van der Waals surface area contributed by atoms with Crippen molar-refractivity contribution < 1.29 is 9.53 Å². The number of ether oxygens (including phenoxy) is 1. The molecule has 0 saturated carbocycles. The molecule has 0 amide bonds. The van der Waals surface area contributed by atoms with Crippen LogP contribution in [-0.4, -0.2) is 12.3 Å². The van der Waals surface area contributed by atoms with Crippen LogP contribution in [0.25, 0.3) is 0 Å². The van der Waals surface area contributed by atoms with Crippen molar-refractivity contribution in [3.63, 3.8) is 0 Å². The summed E-state index contributed by atoms with van der Waals surface area (Å²) in [5.41, 5.74) is 7.72. The van der Waals surface area contributed by atoms with E-state index in [0.717, 1.165) is 23.2 Å². The van der Waals surface area contributed by atoms with Gasteiger partial charge in [0.25, 0.3) is 0 Å². The van der Waals surface area contributed by atoms with Crippen LogP contribution >= 0.6 is 0 Å². The SMILES string of the molecule is N[C@H](C=O)Cc1ccccc1OCc1ccccc1. The van der Waals surface area contributed by atoms with Crippen molar-refractivity contribution in [3.8, 4) is 5.75 Å². The van der Waals surface area contributed by atoms with E-state index in [4.69, 9.17) is 10.5 Å². The van der Waals surface area contributed by atoms with Crippen molar-refractivity contribution >= 4 is 6.29 Å². The molecule has 2 aromatic carbocycles. The zero-order valence-corrected chi connectivity index (χ0v) is 10.7. The molecule has 0 radical (unpaired) electrons. The molecule has 0 bridgehead atoms. The summed E-state index contributed by atoms with van der Waals surface area (Å²) in [7, 11) is 0. The number of para-hydroxylation sites is 1. The first kappa shape index (κ1) is 13.3. The molecule has 3 heteroatoms. The third kappa shape index (κ3) is 3.93. The summed E-state index contributed by atoms with van der Waals surface area (Å²) >= 11 is 0. The van der Waals surface area contributed by atoms with E-state index in [1.165, 1.54) is 0 Å². The summed E-state index contributed by atoms with van der Waals surface area (Å²) in [6, 6.07) is 17.1. The molecule has 0 aliphatic rings. The molecule has 2 aromatic rings. The number of carbonyl (C=O) groups excluding carboxylic acids is 1. The largest absolute Gasteiger partial charge is 0.489 e. The second-order valence-corrected chi connectivity index (χ2v) is 4.39. The summed E-state index contributed by atoms with van der Waals surface area (Å²) in [5.74, 6) is 0.781. The standard InChI is InChI=1S/C16H17NO2/c17-15(11-18)10-14-8-4-5-9-16(14)19-12-13-6-2-1-3-7-13/h1-9,11,15H,10,12,17H2/t15-/m0/s1. The lowest BCUT2D eigenvalue weighted by atomic mass is 10.1. The van der Waals surface area contributed by atoms with E-state index in [1.54, 1.807) is 0 Å². The van der Waals surface area contributed by atoms with Gasteiger partial charge in [-0.1, -0.05) is 48.5 Å². The Kier molecular flexibility index (Phi) is 4.70. The lowest BCUT2D eigenvalue weighted by Gasteiger charge is -2.12. The van der Waals surface area contributed by atoms with Gasteiger partial charge in [0.1, 0.15) is 18.6 Å². The van der Waals surface area contributed by atoms with Crippen molar-refractivity contribution in [3.05, 3.63) is 65.7 Å². The maximum Gasteiger partial charge on any atom is 0.137 e. The fraction of sp³-hybridized carbons (Fsp3) is 0.188. The van der Waals surface area contributed by atoms with Crippen molar-refractivity contribution in [2.45, 2.75) is 19.1 Å². The van der Waals surface area contributed by atoms with Gasteiger partial charge < -0.3 is 15.3 Å². The number of carbonyl (C=O) groups is 1. The van der Waals surface area contributed by atoms with Crippen LogP contribution < -0.4 is 10.5 Å². The predicted octanol–water partition coefficient (Wildman–Crippen LogP) is 2.33. The van der Waals surface area contributed by atoms with Crippen LogP contribution in [0.1, 0.15) is 11.1 Å². The molecule has 2 N–H and O–H groups in total. The Morgan fingerprint density at radius 3 is 2.47 bits per heavy atom. The third-order valence-corrected chi connectivity index (χ3v) is 2.84. The van der Waals surface area contributed by atoms with Crippen molar-refractivity contribution in [2.24, 2.45) is 5.73 Å². The fourth-order valence-electron chi connectivity index (χ4n) is 1.85. The Hall–Kier alpha value is -2.13. The molecule has 0 unspecified atom stereocenters. The number of benzene rings is 2. The highest BCUT2D eigenvalue weighted by Crippen LogP contribution is 2.20. The first-order chi connectivity index (χ1) is 9.29. The van der Waals surface area contributed by atoms with Crippen molar-refractivity contribution in [1.82, 2.24) is 0 Å². The van der Waals surface area contributed by atoms with Gasteiger partial charge in [0.05, 0.1) is 6.04 Å². The van der Waals surface area contributed by atoms with E-state index in [2.05, 4.69) is 0 Å². The van der Waals surface area contributed by atoms with Crippen molar-refractivity contribution in [1.29, 1.82) is 0 Å². The van der Waals surface area contributed by atoms with E-state index in [1.807, 2.05) is 54.6 Å². The molecule has 19 heavy (non-hydrogen) atoms. The van der Waals surface area contributed by atoms with Gasteiger partial charge in [-0.2, -0.15) is 0 Å². The molecular formula is C16H17NO2. The summed E-state index contributed by atoms with van der Waals surface area (Å²) in [4.78, 5) is 10.6. The topological polar surface area (TPSA) is 52.3 Å². The number of rotatable bonds is 6. The average molecular weight is 255 g/mol. The molecule has 0 aliphatic heterocycles. The minimum atomic E-state index is -0.485. The number of hydrogen-bond donors (Lipinski definition) is 1. The van der Waals surface area contributed by atoms with Gasteiger partial charge in [-0.15, -0.1) is 0 Å². The lowest BCUT2D eigenvalue weighted by Crippen LogP contribution is -2.24. The highest BCUT2D eigenvalue weighted by atomic mass is 16.5. The van der Waals surface area contributed by atoms with E-state index >= 15 is 0 Å². The molecule has 0 heterocycles. The monoisotopic (exact) mass is 255 g/mol. The Balaban J connectivity index is 2.05. The molecular weight excluding hydrogens is 238 g/mol. The van der Waals surface area contributed by atoms with Gasteiger partial charge in [0.15, 0.2) is 0 Å². The number of aldehydes is 1. The molecule has 1 atom stereocenters. The van der Waals surface area contributed by atoms with Crippen LogP contribution in [0.4, 0.5) is 0 Å². The van der Waals surface area contributed by atoms with E-state index in [-0.39, 0.29) is 0 Å². The van der Waals surface area contributed by atoms with Crippen LogP contribution in [0.5, 0.6) is 5.75 Å². The summed E-state index contributed by atoms with van der Waals surface area (Å²) in [5, 5.41) is 0. The molecule has 2 rings (SSSR count). The molecule has 3 nitrogen and oxygen atoms in total. The quantitative estimate of drug-likeness (QED) is 0.806. The minimum Gasteiger partial charge on any atom is -0.489 e. The van der Waals surface area contributed by atoms with Gasteiger partial charge in [0.2, 0.25) is 0 Å². The summed E-state index contributed by atoms with van der Waals surface area (Å²) in [6.07, 6.45) is 1.25. The maximum absolute atomic E-state index is 10.6. The van der Waals surface area contributed by atoms with Gasteiger partial charge in [-0.3, -0.25) is 0 Å². The first-order valence-electron chi connectivity index (χ1n) is 6.25. The summed E-state index contributed by atoms with van der Waals surface area (Å²) < 4.78 is 5.80. The summed E-state index contributed by atoms with van der Waals surface area (Å²) in [6.45, 7) is 0.508. The van der Waals surface area contributed by atoms with Gasteiger partial charge in [-0.25, -0.2) is 0 Å². The molecule has 98 valence electrons. The number of hydrogen-bond acceptors (Lipinski definition) is 3. The van der Waals surface area contributed by atoms with Crippen LogP contribution in [-0.2, 0) is 17.8 Å². The highest BCUT2D eigenvalue weighted by molar-refractivity contribution is 5.58. The van der Waals surface area contributed by atoms with Crippen LogP contribution in [0.2, 0.25) is 0 Å². The Labute approximate surface area is 113 Å². The number of nitrogens with two attached hydrogens (primary N) is 1. The zero-order valence-electron chi connectivity index (χ0n) is 10.7. The third-order valence-electron chi connectivity index (χ3n) is 2.84. The normalized spacial score (nSPS) is 11.8. The molecule has 0 aromatic heterocycles. The van der Waals surface area contributed by atoms with Crippen LogP contribution in [0.15, 0.2) is 54.6 Å². The Morgan fingerprint density at radius 2 is 1.74 bits per heavy atom. The second kappa shape index (κ2) is 6.71. The fourth-order valence-corrected chi connectivity index (χ4v) is 1.85. The maximum atomic E-state index is 10.6. The zero-order chi connectivity index (χ0) is 13.5. The van der Waals surface area contributed by atoms with E-state index in [9.17, 15) is 4.79 Å². The van der Waals surface area contributed by atoms with Crippen LogP contribution in [0, 0.1) is 0 Å². The second-order valence-electron chi connectivity index (χ2n) is 4.39. The van der Waals surface area contributed by atoms with Crippen LogP contribution in [0.3, 0.4) is 0 Å². The molecule has 0 spiro atoms. The molecule has 0 aliphatic carbocycles. The molecule has 0 saturated heterocycles. The highest BCUT2D eigenvalue weighted by Gasteiger charge is 2.07.